The van der Waals surface area contributed by atoms with Crippen molar-refractivity contribution in [1.29, 1.82) is 0 Å². The molecule has 0 saturated carbocycles. The minimum absolute atomic E-state index is 0.167. The van der Waals surface area contributed by atoms with Gasteiger partial charge < -0.3 is 64.2 Å². The smallest absolute Gasteiger partial charge is 0.306 e. The van der Waals surface area contributed by atoms with Crippen LogP contribution in [0.15, 0.2) is 12.2 Å². The zero-order valence-electron chi connectivity index (χ0n) is 42.4. The lowest BCUT2D eigenvalue weighted by Gasteiger charge is -2.42. The first-order chi connectivity index (χ1) is 33.0. The third kappa shape index (κ3) is 28.3. The Morgan fingerprint density at radius 3 is 1.31 bits per heavy atom. The Labute approximate surface area is 410 Å². The molecule has 0 aromatic rings. The van der Waals surface area contributed by atoms with Gasteiger partial charge in [-0.1, -0.05) is 180 Å². The van der Waals surface area contributed by atoms with Gasteiger partial charge in [0.05, 0.1) is 19.8 Å². The minimum atomic E-state index is -1.76. The number of unbranched alkanes of at least 4 members (excludes halogenated alkanes) is 27. The van der Waals surface area contributed by atoms with Crippen molar-refractivity contribution >= 4 is 11.9 Å². The Kier molecular flexibility index (Phi) is 37.4. The molecule has 15 heteroatoms. The van der Waals surface area contributed by atoms with Gasteiger partial charge in [-0.3, -0.25) is 9.59 Å². The maximum atomic E-state index is 13.0. The molecule has 400 valence electrons. The molecular formula is C53H98O15. The van der Waals surface area contributed by atoms with Gasteiger partial charge >= 0.3 is 11.9 Å². The fourth-order valence-corrected chi connectivity index (χ4v) is 8.74. The monoisotopic (exact) mass is 975 g/mol. The zero-order valence-corrected chi connectivity index (χ0v) is 42.4. The molecule has 0 aliphatic carbocycles. The predicted octanol–water partition coefficient (Wildman–Crippen LogP) is 8.16. The van der Waals surface area contributed by atoms with E-state index >= 15 is 0 Å². The number of carbonyl (C=O) groups is 2. The highest BCUT2D eigenvalue weighted by atomic mass is 16.7. The van der Waals surface area contributed by atoms with Crippen LogP contribution < -0.4 is 0 Å². The summed E-state index contributed by atoms with van der Waals surface area (Å²) in [5.41, 5.74) is 0. The van der Waals surface area contributed by atoms with E-state index in [1.54, 1.807) is 0 Å². The maximum absolute atomic E-state index is 13.0. The van der Waals surface area contributed by atoms with Crippen LogP contribution in [0.1, 0.15) is 219 Å². The number of allylic oxidation sites excluding steroid dienone is 2. The van der Waals surface area contributed by atoms with E-state index < -0.39 is 92.7 Å². The fraction of sp³-hybridized carbons (Fsp3) is 0.925. The van der Waals surface area contributed by atoms with Crippen LogP contribution in [0.2, 0.25) is 0 Å². The predicted molar refractivity (Wildman–Crippen MR) is 261 cm³/mol. The molecule has 2 rings (SSSR count). The molecule has 2 saturated heterocycles. The van der Waals surface area contributed by atoms with Crippen LogP contribution in [0.4, 0.5) is 0 Å². The number of hydrogen-bond donors (Lipinski definition) is 7. The van der Waals surface area contributed by atoms with E-state index in [4.69, 9.17) is 28.4 Å². The maximum Gasteiger partial charge on any atom is 0.306 e. The summed E-state index contributed by atoms with van der Waals surface area (Å²) in [4.78, 5) is 25.8. The second-order valence-electron chi connectivity index (χ2n) is 19.4. The number of ether oxygens (including phenoxy) is 6. The molecule has 2 fully saturated rings. The molecule has 2 aliphatic rings. The van der Waals surface area contributed by atoms with Crippen LogP contribution in [0.3, 0.4) is 0 Å². The van der Waals surface area contributed by atoms with Gasteiger partial charge in [-0.25, -0.2) is 0 Å². The Morgan fingerprint density at radius 2 is 0.838 bits per heavy atom. The van der Waals surface area contributed by atoms with Crippen LogP contribution >= 0.6 is 0 Å². The van der Waals surface area contributed by atoms with E-state index in [0.717, 1.165) is 44.9 Å². The summed E-state index contributed by atoms with van der Waals surface area (Å²) in [5, 5.41) is 72.1. The molecule has 7 N–H and O–H groups in total. The van der Waals surface area contributed by atoms with Gasteiger partial charge in [-0.2, -0.15) is 0 Å². The molecule has 0 spiro atoms. The quantitative estimate of drug-likeness (QED) is 0.0174. The summed E-state index contributed by atoms with van der Waals surface area (Å²) in [6.45, 7) is 2.61. The summed E-state index contributed by atoms with van der Waals surface area (Å²) < 4.78 is 33.6. The van der Waals surface area contributed by atoms with Crippen molar-refractivity contribution in [3.05, 3.63) is 12.2 Å². The van der Waals surface area contributed by atoms with Crippen molar-refractivity contribution in [3.8, 4) is 0 Å². The lowest BCUT2D eigenvalue weighted by atomic mass is 9.98. The summed E-state index contributed by atoms with van der Waals surface area (Å²) in [6, 6.07) is 0. The fourth-order valence-electron chi connectivity index (χ4n) is 8.74. The standard InChI is InChI=1S/C53H98O15/c1-3-5-7-9-11-13-15-17-19-20-22-24-26-28-30-32-34-36-45(56)66-41(38-63-44(55)35-33-31-29-27-25-23-21-18-16-14-12-10-8-6-4-2)39-64-52-51(62)49(60)47(58)43(68-52)40-65-53-50(61)48(59)46(57)42(37-54)67-53/h13,15,41-43,46-54,57-62H,3-12,14,16-40H2,1-2H3/b15-13+/t41-,42+,43+,46-,47-,48?,49?,50?,51?,52+,53+/m1/s1. The van der Waals surface area contributed by atoms with E-state index in [9.17, 15) is 45.3 Å². The first-order valence-electron chi connectivity index (χ1n) is 27.3. The molecule has 0 amide bonds. The van der Waals surface area contributed by atoms with Crippen LogP contribution in [-0.2, 0) is 38.0 Å². The number of esters is 2. The summed E-state index contributed by atoms with van der Waals surface area (Å²) in [6.07, 6.45) is 23.7. The zero-order chi connectivity index (χ0) is 49.6. The second-order valence-corrected chi connectivity index (χ2v) is 19.4. The lowest BCUT2D eigenvalue weighted by molar-refractivity contribution is -0.332. The second kappa shape index (κ2) is 40.8. The molecule has 15 nitrogen and oxygen atoms in total. The molecule has 0 radical (unpaired) electrons. The molecule has 0 bridgehead atoms. The molecule has 11 atom stereocenters. The highest BCUT2D eigenvalue weighted by molar-refractivity contribution is 5.70. The SMILES string of the molecule is CCCCCC/C=C/CCCCCCCCCCCC(=O)O[C@H](COC(=O)CCCCCCCCCCCCCCCCC)CO[C@H]1O[C@@H](CO[C@H]2O[C@@H](CO)[C@@H](O)C(O)C2O)[C@@H](O)C(O)C1O. The van der Waals surface area contributed by atoms with Gasteiger partial charge in [0.25, 0.3) is 0 Å². The Hall–Kier alpha value is -1.76. The number of rotatable bonds is 43. The van der Waals surface area contributed by atoms with Crippen molar-refractivity contribution in [2.24, 2.45) is 0 Å². The summed E-state index contributed by atoms with van der Waals surface area (Å²) in [5.74, 6) is -0.915. The normalized spacial score (nSPS) is 25.8. The van der Waals surface area contributed by atoms with Gasteiger partial charge in [0, 0.05) is 12.8 Å². The number of aliphatic hydroxyl groups excluding tert-OH is 7. The highest BCUT2D eigenvalue weighted by Crippen LogP contribution is 2.27. The van der Waals surface area contributed by atoms with Gasteiger partial charge in [0.2, 0.25) is 0 Å². The Bertz CT molecular complexity index is 1240. The van der Waals surface area contributed by atoms with E-state index in [0.29, 0.717) is 12.8 Å². The third-order valence-corrected chi connectivity index (χ3v) is 13.2. The number of carbonyl (C=O) groups excluding carboxylic acids is 2. The molecule has 2 heterocycles. The molecule has 4 unspecified atom stereocenters. The van der Waals surface area contributed by atoms with Crippen LogP contribution in [0, 0.1) is 0 Å². The van der Waals surface area contributed by atoms with E-state index in [-0.39, 0.29) is 26.1 Å². The summed E-state index contributed by atoms with van der Waals surface area (Å²) in [7, 11) is 0. The average molecular weight is 975 g/mol. The Morgan fingerprint density at radius 1 is 0.456 bits per heavy atom. The number of hydrogen-bond acceptors (Lipinski definition) is 15. The first kappa shape index (κ1) is 62.4. The van der Waals surface area contributed by atoms with Crippen molar-refractivity contribution in [2.45, 2.75) is 287 Å². The van der Waals surface area contributed by atoms with Crippen molar-refractivity contribution in [2.75, 3.05) is 26.4 Å². The first-order valence-corrected chi connectivity index (χ1v) is 27.3. The van der Waals surface area contributed by atoms with Gasteiger partial charge in [-0.05, 0) is 38.5 Å². The molecule has 2 aliphatic heterocycles. The van der Waals surface area contributed by atoms with Crippen LogP contribution in [-0.4, -0.2) is 142 Å². The molecular weight excluding hydrogens is 877 g/mol. The van der Waals surface area contributed by atoms with Gasteiger partial charge in [0.15, 0.2) is 18.7 Å². The molecule has 0 aromatic carbocycles. The van der Waals surface area contributed by atoms with Crippen molar-refractivity contribution < 1.29 is 73.8 Å². The minimum Gasteiger partial charge on any atom is -0.462 e. The van der Waals surface area contributed by atoms with Crippen molar-refractivity contribution in [1.82, 2.24) is 0 Å². The molecule has 68 heavy (non-hydrogen) atoms. The van der Waals surface area contributed by atoms with Crippen LogP contribution in [0.5, 0.6) is 0 Å². The molecule has 0 aromatic heterocycles. The van der Waals surface area contributed by atoms with Gasteiger partial charge in [0.1, 0.15) is 55.4 Å². The van der Waals surface area contributed by atoms with Crippen molar-refractivity contribution in [3.63, 3.8) is 0 Å². The number of aliphatic hydroxyl groups is 7. The van der Waals surface area contributed by atoms with Crippen LogP contribution in [0.25, 0.3) is 0 Å². The van der Waals surface area contributed by atoms with E-state index in [1.165, 1.54) is 135 Å². The highest BCUT2D eigenvalue weighted by Gasteiger charge is 2.47. The van der Waals surface area contributed by atoms with Gasteiger partial charge in [-0.15, -0.1) is 0 Å². The lowest BCUT2D eigenvalue weighted by Crippen LogP contribution is -2.61. The average Bonchev–Trinajstić information content (AvgIpc) is 3.33. The topological polar surface area (TPSA) is 231 Å². The Balaban J connectivity index is 1.78. The van der Waals surface area contributed by atoms with E-state index in [1.807, 2.05) is 0 Å². The summed E-state index contributed by atoms with van der Waals surface area (Å²) >= 11 is 0. The van der Waals surface area contributed by atoms with E-state index in [2.05, 4.69) is 26.0 Å². The largest absolute Gasteiger partial charge is 0.462 e. The third-order valence-electron chi connectivity index (χ3n) is 13.2.